The summed E-state index contributed by atoms with van der Waals surface area (Å²) in [6.07, 6.45) is 5.11. The second-order valence-electron chi connectivity index (χ2n) is 5.67. The van der Waals surface area contributed by atoms with E-state index in [0.29, 0.717) is 17.8 Å². The molecule has 0 aliphatic heterocycles. The molecule has 2 aromatic rings. The molecule has 0 bridgehead atoms. The van der Waals surface area contributed by atoms with Gasteiger partial charge >= 0.3 is 0 Å². The number of nitrogens with two attached hydrogens (primary N) is 1. The molecule has 0 amide bonds. The standard InChI is InChI=1S/C15H21N5S/c1-9(2)13-14(17-8-18-15(13)20-16)19-11-4-3-5-12-10(11)6-7-21-12/h6-9,11H,3-5,16H2,1-2H3,(H2,17,18,19,20). The molecule has 3 rings (SSSR count). The van der Waals surface area contributed by atoms with Crippen molar-refractivity contribution in [2.24, 2.45) is 5.84 Å². The number of aromatic nitrogens is 2. The molecule has 2 heterocycles. The van der Waals surface area contributed by atoms with Crippen LogP contribution in [0.4, 0.5) is 11.6 Å². The molecule has 0 saturated carbocycles. The first-order valence-electron chi connectivity index (χ1n) is 7.35. The van der Waals surface area contributed by atoms with Crippen LogP contribution in [0.15, 0.2) is 17.8 Å². The van der Waals surface area contributed by atoms with Crippen molar-refractivity contribution < 1.29 is 0 Å². The minimum Gasteiger partial charge on any atom is -0.363 e. The summed E-state index contributed by atoms with van der Waals surface area (Å²) < 4.78 is 0. The van der Waals surface area contributed by atoms with Gasteiger partial charge in [-0.25, -0.2) is 15.8 Å². The van der Waals surface area contributed by atoms with Gasteiger partial charge in [0, 0.05) is 10.4 Å². The zero-order valence-corrected chi connectivity index (χ0v) is 13.2. The van der Waals surface area contributed by atoms with Crippen molar-refractivity contribution in [1.82, 2.24) is 9.97 Å². The molecule has 0 spiro atoms. The molecule has 0 radical (unpaired) electrons. The highest BCUT2D eigenvalue weighted by molar-refractivity contribution is 7.10. The number of fused-ring (bicyclic) bond motifs is 1. The summed E-state index contributed by atoms with van der Waals surface area (Å²) in [5, 5.41) is 5.79. The summed E-state index contributed by atoms with van der Waals surface area (Å²) in [4.78, 5) is 10.2. The van der Waals surface area contributed by atoms with Crippen molar-refractivity contribution in [2.75, 3.05) is 10.7 Å². The highest BCUT2D eigenvalue weighted by Crippen LogP contribution is 2.37. The number of thiophene rings is 1. The molecule has 0 aromatic carbocycles. The Morgan fingerprint density at radius 1 is 1.33 bits per heavy atom. The zero-order valence-electron chi connectivity index (χ0n) is 12.4. The average molecular weight is 303 g/mol. The third kappa shape index (κ3) is 2.73. The fraction of sp³-hybridized carbons (Fsp3) is 0.467. The molecule has 0 saturated heterocycles. The Hall–Kier alpha value is -1.66. The SMILES string of the molecule is CC(C)c1c(NN)ncnc1NC1CCCc2sccc21. The van der Waals surface area contributed by atoms with Crippen LogP contribution < -0.4 is 16.6 Å². The molecule has 1 unspecified atom stereocenters. The number of nitrogens with zero attached hydrogens (tertiary/aromatic N) is 2. The van der Waals surface area contributed by atoms with Gasteiger partial charge in [-0.05, 0) is 42.2 Å². The Kier molecular flexibility index (Phi) is 4.07. The second kappa shape index (κ2) is 5.99. The van der Waals surface area contributed by atoms with Crippen LogP contribution in [-0.2, 0) is 6.42 Å². The first kappa shape index (κ1) is 14.3. The molecule has 1 aliphatic rings. The minimum absolute atomic E-state index is 0.297. The van der Waals surface area contributed by atoms with E-state index in [1.165, 1.54) is 23.3 Å². The first-order chi connectivity index (χ1) is 10.2. The van der Waals surface area contributed by atoms with Gasteiger partial charge in [0.1, 0.15) is 18.0 Å². The van der Waals surface area contributed by atoms with Gasteiger partial charge in [0.2, 0.25) is 0 Å². The predicted molar refractivity (Wildman–Crippen MR) is 87.6 cm³/mol. The number of nitrogen functional groups attached to an aromatic ring is 1. The number of rotatable bonds is 4. The van der Waals surface area contributed by atoms with Crippen LogP contribution in [0.25, 0.3) is 0 Å². The van der Waals surface area contributed by atoms with Gasteiger partial charge in [0.05, 0.1) is 6.04 Å². The Bertz CT molecular complexity index is 622. The number of hydrazine groups is 1. The third-order valence-corrected chi connectivity index (χ3v) is 4.96. The largest absolute Gasteiger partial charge is 0.363 e. The molecule has 112 valence electrons. The van der Waals surface area contributed by atoms with E-state index in [-0.39, 0.29) is 0 Å². The molecule has 4 N–H and O–H groups in total. The highest BCUT2D eigenvalue weighted by atomic mass is 32.1. The Morgan fingerprint density at radius 2 is 2.14 bits per heavy atom. The lowest BCUT2D eigenvalue weighted by Gasteiger charge is -2.26. The molecule has 5 nitrogen and oxygen atoms in total. The fourth-order valence-electron chi connectivity index (χ4n) is 2.97. The van der Waals surface area contributed by atoms with E-state index < -0.39 is 0 Å². The normalized spacial score (nSPS) is 17.6. The number of aryl methyl sites for hydroxylation is 1. The molecular weight excluding hydrogens is 282 g/mol. The molecule has 0 fully saturated rings. The lowest BCUT2D eigenvalue weighted by Crippen LogP contribution is -2.19. The topological polar surface area (TPSA) is 75.9 Å². The lowest BCUT2D eigenvalue weighted by atomic mass is 9.93. The van der Waals surface area contributed by atoms with Crippen molar-refractivity contribution >= 4 is 23.0 Å². The van der Waals surface area contributed by atoms with Crippen LogP contribution in [-0.4, -0.2) is 9.97 Å². The monoisotopic (exact) mass is 303 g/mol. The van der Waals surface area contributed by atoms with Crippen LogP contribution in [0.5, 0.6) is 0 Å². The average Bonchev–Trinajstić information content (AvgIpc) is 2.96. The smallest absolute Gasteiger partial charge is 0.148 e. The van der Waals surface area contributed by atoms with Gasteiger partial charge in [-0.3, -0.25) is 0 Å². The molecular formula is C15H21N5S. The molecule has 21 heavy (non-hydrogen) atoms. The van der Waals surface area contributed by atoms with Crippen molar-refractivity contribution in [3.63, 3.8) is 0 Å². The summed E-state index contributed by atoms with van der Waals surface area (Å²) >= 11 is 1.85. The van der Waals surface area contributed by atoms with Crippen LogP contribution in [0, 0.1) is 0 Å². The Labute approximate surface area is 129 Å². The fourth-order valence-corrected chi connectivity index (χ4v) is 3.96. The summed E-state index contributed by atoms with van der Waals surface area (Å²) in [5.74, 6) is 7.46. The first-order valence-corrected chi connectivity index (χ1v) is 8.23. The van der Waals surface area contributed by atoms with Gasteiger partial charge in [0.15, 0.2) is 0 Å². The molecule has 6 heteroatoms. The summed E-state index contributed by atoms with van der Waals surface area (Å²) in [7, 11) is 0. The highest BCUT2D eigenvalue weighted by Gasteiger charge is 2.23. The second-order valence-corrected chi connectivity index (χ2v) is 6.67. The quantitative estimate of drug-likeness (QED) is 0.596. The third-order valence-electron chi connectivity index (χ3n) is 3.96. The summed E-state index contributed by atoms with van der Waals surface area (Å²) in [6.45, 7) is 4.25. The van der Waals surface area contributed by atoms with E-state index in [2.05, 4.69) is 46.0 Å². The number of nitrogens with one attached hydrogen (secondary N) is 2. The van der Waals surface area contributed by atoms with Gasteiger partial charge < -0.3 is 10.7 Å². The van der Waals surface area contributed by atoms with Crippen molar-refractivity contribution in [1.29, 1.82) is 0 Å². The molecule has 1 aliphatic carbocycles. The zero-order chi connectivity index (χ0) is 14.8. The van der Waals surface area contributed by atoms with E-state index in [1.807, 2.05) is 11.3 Å². The Morgan fingerprint density at radius 3 is 2.90 bits per heavy atom. The van der Waals surface area contributed by atoms with Gasteiger partial charge in [0.25, 0.3) is 0 Å². The summed E-state index contributed by atoms with van der Waals surface area (Å²) in [6, 6.07) is 2.56. The van der Waals surface area contributed by atoms with E-state index in [4.69, 9.17) is 5.84 Å². The molecule has 2 aromatic heterocycles. The van der Waals surface area contributed by atoms with Crippen LogP contribution in [0.3, 0.4) is 0 Å². The van der Waals surface area contributed by atoms with Gasteiger partial charge in [-0.15, -0.1) is 11.3 Å². The van der Waals surface area contributed by atoms with E-state index in [0.717, 1.165) is 17.8 Å². The van der Waals surface area contributed by atoms with Crippen molar-refractivity contribution in [3.8, 4) is 0 Å². The van der Waals surface area contributed by atoms with Crippen LogP contribution >= 0.6 is 11.3 Å². The number of hydrogen-bond donors (Lipinski definition) is 3. The van der Waals surface area contributed by atoms with Gasteiger partial charge in [-0.2, -0.15) is 0 Å². The maximum Gasteiger partial charge on any atom is 0.148 e. The van der Waals surface area contributed by atoms with E-state index >= 15 is 0 Å². The Balaban J connectivity index is 1.93. The lowest BCUT2D eigenvalue weighted by molar-refractivity contribution is 0.605. The minimum atomic E-state index is 0.297. The van der Waals surface area contributed by atoms with E-state index in [9.17, 15) is 0 Å². The number of anilines is 2. The maximum absolute atomic E-state index is 5.58. The van der Waals surface area contributed by atoms with Gasteiger partial charge in [-0.1, -0.05) is 13.8 Å². The van der Waals surface area contributed by atoms with Crippen molar-refractivity contribution in [2.45, 2.75) is 45.1 Å². The predicted octanol–water partition coefficient (Wildman–Crippen LogP) is 3.44. The van der Waals surface area contributed by atoms with Crippen molar-refractivity contribution in [3.05, 3.63) is 33.8 Å². The van der Waals surface area contributed by atoms with Crippen LogP contribution in [0.1, 0.15) is 54.7 Å². The summed E-state index contributed by atoms with van der Waals surface area (Å²) in [5.41, 5.74) is 5.14. The van der Waals surface area contributed by atoms with E-state index in [1.54, 1.807) is 6.33 Å². The maximum atomic E-state index is 5.58. The number of hydrogen-bond acceptors (Lipinski definition) is 6. The molecule has 1 atom stereocenters. The van der Waals surface area contributed by atoms with Crippen LogP contribution in [0.2, 0.25) is 0 Å².